The number of nitrogens with zero attached hydrogens (tertiary/aromatic N) is 1. The van der Waals surface area contributed by atoms with Crippen LogP contribution in [0.5, 0.6) is 5.75 Å². The third-order valence-electron chi connectivity index (χ3n) is 9.18. The molecule has 4 aromatic rings. The molecule has 0 aliphatic carbocycles. The van der Waals surface area contributed by atoms with Gasteiger partial charge in [0.25, 0.3) is 5.91 Å². The smallest absolute Gasteiger partial charge is 0.408 e. The molecule has 13 nitrogen and oxygen atoms in total. The maximum atomic E-state index is 14.5. The van der Waals surface area contributed by atoms with E-state index in [9.17, 15) is 24.0 Å². The molecule has 1 saturated heterocycles. The van der Waals surface area contributed by atoms with Gasteiger partial charge in [0, 0.05) is 6.42 Å². The Balaban J connectivity index is 1.42. The number of nitrogens with one attached hydrogen (secondary N) is 4. The van der Waals surface area contributed by atoms with E-state index in [1.165, 1.54) is 6.92 Å². The lowest BCUT2D eigenvalue weighted by Gasteiger charge is -2.45. The first-order chi connectivity index (χ1) is 26.9. The molecule has 0 saturated carbocycles. The number of ether oxygens (including phenoxy) is 2. The first-order valence-corrected chi connectivity index (χ1v) is 18.8. The zero-order chi connectivity index (χ0) is 41.5. The molecule has 6 N–H and O–H groups in total. The molecule has 1 aliphatic heterocycles. The van der Waals surface area contributed by atoms with Crippen LogP contribution < -0.4 is 31.8 Å². The fraction of sp³-hybridized carbons (Fsp3) is 0.341. The minimum atomic E-state index is -1.36. The van der Waals surface area contributed by atoms with E-state index in [1.807, 2.05) is 112 Å². The predicted octanol–water partition coefficient (Wildman–Crippen LogP) is 4.48. The van der Waals surface area contributed by atoms with Crippen molar-refractivity contribution in [2.45, 2.75) is 95.8 Å². The average molecular weight is 777 g/mol. The Morgan fingerprint density at radius 1 is 0.702 bits per heavy atom. The zero-order valence-electron chi connectivity index (χ0n) is 33.4. The molecule has 300 valence electrons. The lowest BCUT2D eigenvalue weighted by atomic mass is 9.76. The second kappa shape index (κ2) is 17.3. The third-order valence-corrected chi connectivity index (χ3v) is 9.18. The summed E-state index contributed by atoms with van der Waals surface area (Å²) in [6.45, 7) is 12.3. The maximum Gasteiger partial charge on any atom is 0.408 e. The number of amides is 5. The molecular weight excluding hydrogens is 725 g/mol. The van der Waals surface area contributed by atoms with Gasteiger partial charge in [0.05, 0.1) is 0 Å². The Labute approximate surface area is 333 Å². The Hall–Kier alpha value is -6.21. The van der Waals surface area contributed by atoms with Crippen LogP contribution in [-0.2, 0) is 35.9 Å². The third kappa shape index (κ3) is 10.4. The standard InChI is InChI=1S/C44H52N6O7/c1-28(46-41(55)57-43(5,6)7)37(51)47-34(27-29-23-25-33(26-24-29)56-42(2,3)4)38(52)48-35-36(50(45)40(35)54)39(53)49-44(30-17-11-8-12-18-30,31-19-13-9-14-20-31)32-21-15-10-16-22-32/h8-26,28,34-36H,27,45H2,1-7H3,(H,46,55)(H,47,51)(H,48,52)(H,49,53)/t28-,34-,35-,36?/m0/s1. The molecule has 1 heterocycles. The molecule has 0 spiro atoms. The molecular formula is C44H52N6O7. The molecule has 5 rings (SSSR count). The molecule has 5 amide bonds. The van der Waals surface area contributed by atoms with E-state index in [0.29, 0.717) is 11.3 Å². The molecule has 0 radical (unpaired) electrons. The SMILES string of the molecule is C[C@H](NC(=O)OC(C)(C)C)C(=O)N[C@@H](Cc1ccc(OC(C)(C)C)cc1)C(=O)N[C@@H]1C(=O)N(N)C1C(=O)NC(c1ccccc1)(c1ccccc1)c1ccccc1. The number of hydrazine groups is 1. The average Bonchev–Trinajstić information content (AvgIpc) is 3.16. The monoisotopic (exact) mass is 776 g/mol. The number of β-lactam (4-membered cyclic amide) rings is 1. The maximum absolute atomic E-state index is 14.5. The van der Waals surface area contributed by atoms with Crippen molar-refractivity contribution in [1.82, 2.24) is 26.3 Å². The molecule has 57 heavy (non-hydrogen) atoms. The van der Waals surface area contributed by atoms with E-state index in [-0.39, 0.29) is 6.42 Å². The van der Waals surface area contributed by atoms with E-state index in [4.69, 9.17) is 15.3 Å². The minimum Gasteiger partial charge on any atom is -0.488 e. The van der Waals surface area contributed by atoms with Crippen molar-refractivity contribution in [3.63, 3.8) is 0 Å². The van der Waals surface area contributed by atoms with E-state index >= 15 is 0 Å². The summed E-state index contributed by atoms with van der Waals surface area (Å²) in [6, 6.07) is 30.3. The Morgan fingerprint density at radius 2 is 1.19 bits per heavy atom. The highest BCUT2D eigenvalue weighted by Gasteiger charge is 2.53. The van der Waals surface area contributed by atoms with Crippen LogP contribution in [0, 0.1) is 0 Å². The second-order valence-electron chi connectivity index (χ2n) is 16.0. The number of carbonyl (C=O) groups excluding carboxylic acids is 5. The molecule has 1 aliphatic rings. The second-order valence-corrected chi connectivity index (χ2v) is 16.0. The van der Waals surface area contributed by atoms with Crippen LogP contribution in [-0.4, -0.2) is 70.1 Å². The Bertz CT molecular complexity index is 1930. The van der Waals surface area contributed by atoms with Gasteiger partial charge >= 0.3 is 6.09 Å². The van der Waals surface area contributed by atoms with E-state index < -0.39 is 70.6 Å². The van der Waals surface area contributed by atoms with E-state index in [0.717, 1.165) is 21.7 Å². The number of hydrogen-bond donors (Lipinski definition) is 5. The van der Waals surface area contributed by atoms with Gasteiger partial charge < -0.3 is 30.7 Å². The van der Waals surface area contributed by atoms with Crippen molar-refractivity contribution in [2.24, 2.45) is 5.84 Å². The van der Waals surface area contributed by atoms with Crippen molar-refractivity contribution < 1.29 is 33.4 Å². The van der Waals surface area contributed by atoms with Crippen molar-refractivity contribution in [3.05, 3.63) is 138 Å². The van der Waals surface area contributed by atoms with Crippen LogP contribution >= 0.6 is 0 Å². The summed E-state index contributed by atoms with van der Waals surface area (Å²) >= 11 is 0. The summed E-state index contributed by atoms with van der Waals surface area (Å²) in [7, 11) is 0. The summed E-state index contributed by atoms with van der Waals surface area (Å²) in [4.78, 5) is 67.9. The number of alkyl carbamates (subject to hydrolysis) is 1. The summed E-state index contributed by atoms with van der Waals surface area (Å²) < 4.78 is 11.2. The molecule has 1 unspecified atom stereocenters. The molecule has 4 aromatic carbocycles. The van der Waals surface area contributed by atoms with Gasteiger partial charge in [0.2, 0.25) is 17.7 Å². The van der Waals surface area contributed by atoms with Gasteiger partial charge in [-0.05, 0) is 82.9 Å². The fourth-order valence-corrected chi connectivity index (χ4v) is 6.56. The van der Waals surface area contributed by atoms with Gasteiger partial charge in [0.1, 0.15) is 40.6 Å². The number of nitrogens with two attached hydrogens (primary N) is 1. The van der Waals surface area contributed by atoms with Gasteiger partial charge in [-0.2, -0.15) is 0 Å². The van der Waals surface area contributed by atoms with Crippen LogP contribution in [0.1, 0.15) is 70.7 Å². The topological polar surface area (TPSA) is 181 Å². The quantitative estimate of drug-likeness (QED) is 0.0571. The van der Waals surface area contributed by atoms with Gasteiger partial charge in [-0.25, -0.2) is 10.6 Å². The fourth-order valence-electron chi connectivity index (χ4n) is 6.56. The van der Waals surface area contributed by atoms with Gasteiger partial charge in [-0.1, -0.05) is 103 Å². The summed E-state index contributed by atoms with van der Waals surface area (Å²) in [5, 5.41) is 11.9. The largest absolute Gasteiger partial charge is 0.488 e. The summed E-state index contributed by atoms with van der Waals surface area (Å²) in [5.41, 5.74) is 0.462. The molecule has 4 atom stereocenters. The van der Waals surface area contributed by atoms with Gasteiger partial charge in [-0.3, -0.25) is 24.2 Å². The lowest BCUT2D eigenvalue weighted by molar-refractivity contribution is -0.161. The lowest BCUT2D eigenvalue weighted by Crippen LogP contribution is -2.78. The van der Waals surface area contributed by atoms with E-state index in [1.54, 1.807) is 45.0 Å². The van der Waals surface area contributed by atoms with E-state index in [2.05, 4.69) is 21.3 Å². The summed E-state index contributed by atoms with van der Waals surface area (Å²) in [5.74, 6) is 4.05. The number of benzene rings is 4. The highest BCUT2D eigenvalue weighted by molar-refractivity contribution is 6.04. The normalized spacial score (nSPS) is 16.6. The van der Waals surface area contributed by atoms with Crippen LogP contribution in [0.15, 0.2) is 115 Å². The first kappa shape index (κ1) is 41.9. The highest BCUT2D eigenvalue weighted by Crippen LogP contribution is 2.37. The van der Waals surface area contributed by atoms with Crippen molar-refractivity contribution in [3.8, 4) is 5.75 Å². The predicted molar refractivity (Wildman–Crippen MR) is 215 cm³/mol. The minimum absolute atomic E-state index is 0.00419. The molecule has 0 aromatic heterocycles. The Kier molecular flexibility index (Phi) is 12.7. The van der Waals surface area contributed by atoms with Crippen LogP contribution in [0.4, 0.5) is 4.79 Å². The highest BCUT2D eigenvalue weighted by atomic mass is 16.6. The van der Waals surface area contributed by atoms with Gasteiger partial charge in [-0.15, -0.1) is 0 Å². The molecule has 1 fully saturated rings. The first-order valence-electron chi connectivity index (χ1n) is 18.8. The molecule has 0 bridgehead atoms. The van der Waals surface area contributed by atoms with Crippen molar-refractivity contribution in [1.29, 1.82) is 0 Å². The van der Waals surface area contributed by atoms with Crippen LogP contribution in [0.25, 0.3) is 0 Å². The number of hydrogen-bond acceptors (Lipinski definition) is 8. The summed E-state index contributed by atoms with van der Waals surface area (Å²) in [6.07, 6.45) is -0.814. The van der Waals surface area contributed by atoms with Gasteiger partial charge in [0.15, 0.2) is 6.04 Å². The number of carbonyl (C=O) groups is 5. The van der Waals surface area contributed by atoms with Crippen molar-refractivity contribution >= 4 is 29.7 Å². The zero-order valence-corrected chi connectivity index (χ0v) is 33.4. The van der Waals surface area contributed by atoms with Crippen LogP contribution in [0.2, 0.25) is 0 Å². The molecule has 13 heteroatoms. The number of rotatable bonds is 13. The Morgan fingerprint density at radius 3 is 1.65 bits per heavy atom. The van der Waals surface area contributed by atoms with Crippen molar-refractivity contribution in [2.75, 3.05) is 0 Å². The van der Waals surface area contributed by atoms with Crippen LogP contribution in [0.3, 0.4) is 0 Å².